The molecule has 2 N–H and O–H groups in total. The Morgan fingerprint density at radius 3 is 2.67 bits per heavy atom. The lowest BCUT2D eigenvalue weighted by Crippen LogP contribution is -2.25. The second kappa shape index (κ2) is 4.82. The molecule has 0 fully saturated rings. The first kappa shape index (κ1) is 13.0. The fraction of sp³-hybridized carbons (Fsp3) is 0. The zero-order chi connectivity index (χ0) is 15.0. The SMILES string of the molecule is O=C(O)c1ccc2c(=O)n(-c3ccccc3F)c[nH+]c2c1. The predicted octanol–water partition coefficient (Wildman–Crippen LogP) is 1.64. The van der Waals surface area contributed by atoms with Gasteiger partial charge < -0.3 is 5.11 Å². The van der Waals surface area contributed by atoms with Gasteiger partial charge in [0.05, 0.1) is 5.56 Å². The van der Waals surface area contributed by atoms with Gasteiger partial charge in [-0.2, -0.15) is 4.57 Å². The van der Waals surface area contributed by atoms with Gasteiger partial charge in [0.2, 0.25) is 6.33 Å². The van der Waals surface area contributed by atoms with Crippen LogP contribution in [0.1, 0.15) is 10.4 Å². The summed E-state index contributed by atoms with van der Waals surface area (Å²) in [6.45, 7) is 0. The van der Waals surface area contributed by atoms with Crippen LogP contribution in [0.5, 0.6) is 0 Å². The molecule has 2 aromatic carbocycles. The lowest BCUT2D eigenvalue weighted by Gasteiger charge is -2.01. The van der Waals surface area contributed by atoms with Gasteiger partial charge in [0.25, 0.3) is 0 Å². The van der Waals surface area contributed by atoms with Crippen molar-refractivity contribution in [1.82, 2.24) is 4.57 Å². The Morgan fingerprint density at radius 1 is 1.19 bits per heavy atom. The molecule has 21 heavy (non-hydrogen) atoms. The van der Waals surface area contributed by atoms with Crippen LogP contribution < -0.4 is 10.5 Å². The van der Waals surface area contributed by atoms with E-state index in [0.29, 0.717) is 5.52 Å². The molecule has 104 valence electrons. The quantitative estimate of drug-likeness (QED) is 0.778. The fourth-order valence-electron chi connectivity index (χ4n) is 2.13. The van der Waals surface area contributed by atoms with Gasteiger partial charge >= 0.3 is 11.5 Å². The van der Waals surface area contributed by atoms with Crippen molar-refractivity contribution in [2.75, 3.05) is 0 Å². The van der Waals surface area contributed by atoms with Crippen LogP contribution in [0.25, 0.3) is 16.6 Å². The summed E-state index contributed by atoms with van der Waals surface area (Å²) in [6, 6.07) is 10.0. The summed E-state index contributed by atoms with van der Waals surface area (Å²) >= 11 is 0. The van der Waals surface area contributed by atoms with Crippen molar-refractivity contribution in [3.8, 4) is 5.69 Å². The minimum absolute atomic E-state index is 0.0711. The number of aromatic amines is 1. The molecule has 0 aliphatic heterocycles. The number of carbonyl (C=O) groups is 1. The summed E-state index contributed by atoms with van der Waals surface area (Å²) < 4.78 is 14.9. The molecular formula is C15H10FN2O3+. The van der Waals surface area contributed by atoms with Crippen LogP contribution in [0.4, 0.5) is 4.39 Å². The number of H-pyrrole nitrogens is 1. The second-order valence-corrected chi connectivity index (χ2v) is 4.47. The van der Waals surface area contributed by atoms with E-state index < -0.39 is 17.3 Å². The van der Waals surface area contributed by atoms with Crippen LogP contribution in [0.2, 0.25) is 0 Å². The van der Waals surface area contributed by atoms with Crippen LogP contribution in [-0.2, 0) is 0 Å². The molecule has 0 unspecified atom stereocenters. The Kier molecular flexibility index (Phi) is 2.98. The van der Waals surface area contributed by atoms with E-state index in [1.54, 1.807) is 6.07 Å². The molecule has 3 rings (SSSR count). The maximum atomic E-state index is 13.8. The maximum Gasteiger partial charge on any atom is 0.350 e. The molecule has 1 aromatic heterocycles. The van der Waals surface area contributed by atoms with Crippen LogP contribution in [-0.4, -0.2) is 15.6 Å². The summed E-state index contributed by atoms with van der Waals surface area (Å²) in [7, 11) is 0. The number of rotatable bonds is 2. The van der Waals surface area contributed by atoms with E-state index in [1.165, 1.54) is 42.7 Å². The number of hydrogen-bond acceptors (Lipinski definition) is 2. The largest absolute Gasteiger partial charge is 0.478 e. The summed E-state index contributed by atoms with van der Waals surface area (Å²) in [5.41, 5.74) is 0.156. The third kappa shape index (κ3) is 2.16. The van der Waals surface area contributed by atoms with Crippen molar-refractivity contribution in [3.63, 3.8) is 0 Å². The molecule has 1 heterocycles. The minimum atomic E-state index is -1.08. The van der Waals surface area contributed by atoms with Gasteiger partial charge in [0.15, 0.2) is 11.5 Å². The molecule has 0 aliphatic rings. The minimum Gasteiger partial charge on any atom is -0.478 e. The molecule has 0 saturated carbocycles. The van der Waals surface area contributed by atoms with Crippen molar-refractivity contribution in [2.45, 2.75) is 0 Å². The molecular weight excluding hydrogens is 275 g/mol. The highest BCUT2D eigenvalue weighted by Crippen LogP contribution is 2.12. The first-order valence-electron chi connectivity index (χ1n) is 6.13. The van der Waals surface area contributed by atoms with Gasteiger partial charge in [0.1, 0.15) is 10.9 Å². The van der Waals surface area contributed by atoms with E-state index in [0.717, 1.165) is 4.57 Å². The molecule has 0 radical (unpaired) electrons. The van der Waals surface area contributed by atoms with Gasteiger partial charge in [-0.25, -0.2) is 19.0 Å². The highest BCUT2D eigenvalue weighted by atomic mass is 19.1. The highest BCUT2D eigenvalue weighted by molar-refractivity contribution is 5.91. The Hall–Kier alpha value is -3.02. The highest BCUT2D eigenvalue weighted by Gasteiger charge is 2.16. The van der Waals surface area contributed by atoms with Crippen molar-refractivity contribution in [1.29, 1.82) is 0 Å². The number of nitrogens with one attached hydrogen (secondary N) is 1. The van der Waals surface area contributed by atoms with Crippen LogP contribution in [0.3, 0.4) is 0 Å². The van der Waals surface area contributed by atoms with Crippen molar-refractivity contribution >= 4 is 16.9 Å². The summed E-state index contributed by atoms with van der Waals surface area (Å²) in [5, 5.41) is 9.22. The lowest BCUT2D eigenvalue weighted by molar-refractivity contribution is -0.351. The van der Waals surface area contributed by atoms with Crippen LogP contribution >= 0.6 is 0 Å². The van der Waals surface area contributed by atoms with E-state index >= 15 is 0 Å². The normalized spacial score (nSPS) is 10.7. The van der Waals surface area contributed by atoms with Gasteiger partial charge in [-0.15, -0.1) is 0 Å². The topological polar surface area (TPSA) is 73.4 Å². The molecule has 0 saturated heterocycles. The number of aromatic carboxylic acids is 1. The standard InChI is InChI=1S/C15H9FN2O3/c16-11-3-1-2-4-13(11)18-8-17-12-7-9(15(20)21)5-6-10(12)14(18)19/h1-8H,(H,20,21)/p+1. The molecule has 6 heteroatoms. The molecule has 0 aliphatic carbocycles. The van der Waals surface area contributed by atoms with Gasteiger partial charge in [-0.3, -0.25) is 0 Å². The third-order valence-corrected chi connectivity index (χ3v) is 3.18. The summed E-state index contributed by atoms with van der Waals surface area (Å²) in [4.78, 5) is 26.1. The van der Waals surface area contributed by atoms with E-state index in [4.69, 9.17) is 5.11 Å². The number of hydrogen-bond donors (Lipinski definition) is 1. The number of nitrogens with zero attached hydrogens (tertiary/aromatic N) is 1. The average Bonchev–Trinajstić information content (AvgIpc) is 2.48. The third-order valence-electron chi connectivity index (χ3n) is 3.18. The first-order chi connectivity index (χ1) is 10.1. The molecule has 5 nitrogen and oxygen atoms in total. The predicted molar refractivity (Wildman–Crippen MR) is 73.0 cm³/mol. The Bertz CT molecular complexity index is 918. The Labute approximate surface area is 117 Å². The molecule has 0 bridgehead atoms. The monoisotopic (exact) mass is 285 g/mol. The first-order valence-corrected chi connectivity index (χ1v) is 6.13. The molecule has 0 spiro atoms. The average molecular weight is 285 g/mol. The number of para-hydroxylation sites is 1. The van der Waals surface area contributed by atoms with Crippen molar-refractivity contribution in [3.05, 3.63) is 70.5 Å². The fourth-order valence-corrected chi connectivity index (χ4v) is 2.13. The number of fused-ring (bicyclic) bond motifs is 1. The van der Waals surface area contributed by atoms with Gasteiger partial charge in [0, 0.05) is 6.07 Å². The summed E-state index contributed by atoms with van der Waals surface area (Å²) in [5.74, 6) is -1.60. The summed E-state index contributed by atoms with van der Waals surface area (Å²) in [6.07, 6.45) is 1.31. The number of carboxylic acids is 1. The van der Waals surface area contributed by atoms with Crippen LogP contribution in [0, 0.1) is 5.82 Å². The number of halogens is 1. The van der Waals surface area contributed by atoms with E-state index in [-0.39, 0.29) is 16.6 Å². The van der Waals surface area contributed by atoms with E-state index in [2.05, 4.69) is 4.98 Å². The van der Waals surface area contributed by atoms with Crippen molar-refractivity contribution < 1.29 is 19.3 Å². The lowest BCUT2D eigenvalue weighted by atomic mass is 10.1. The molecule has 0 amide bonds. The number of benzene rings is 2. The molecule has 3 aromatic rings. The van der Waals surface area contributed by atoms with Crippen molar-refractivity contribution in [2.24, 2.45) is 0 Å². The van der Waals surface area contributed by atoms with Gasteiger partial charge in [-0.05, 0) is 24.3 Å². The Morgan fingerprint density at radius 2 is 1.95 bits per heavy atom. The number of carboxylic acid groups (broad SMARTS) is 1. The molecule has 0 atom stereocenters. The van der Waals surface area contributed by atoms with Crippen LogP contribution in [0.15, 0.2) is 53.6 Å². The van der Waals surface area contributed by atoms with E-state index in [9.17, 15) is 14.0 Å². The zero-order valence-electron chi connectivity index (χ0n) is 10.7. The zero-order valence-corrected chi connectivity index (χ0v) is 10.7. The number of aromatic nitrogens is 2. The second-order valence-electron chi connectivity index (χ2n) is 4.47. The maximum absolute atomic E-state index is 13.8. The van der Waals surface area contributed by atoms with Gasteiger partial charge in [-0.1, -0.05) is 12.1 Å². The Balaban J connectivity index is 2.27. The van der Waals surface area contributed by atoms with E-state index in [1.807, 2.05) is 0 Å². The smallest absolute Gasteiger partial charge is 0.350 e.